The number of carbonyl (C=O) groups is 1. The Morgan fingerprint density at radius 3 is 2.04 bits per heavy atom. The van der Waals surface area contributed by atoms with Crippen LogP contribution in [-0.2, 0) is 5.41 Å². The topological polar surface area (TPSA) is 76.7 Å². The predicted molar refractivity (Wildman–Crippen MR) is 92.0 cm³/mol. The van der Waals surface area contributed by atoms with Gasteiger partial charge in [-0.2, -0.15) is 5.10 Å². The van der Waals surface area contributed by atoms with Crippen LogP contribution >= 0.6 is 0 Å². The smallest absolute Gasteiger partial charge is 0.332 e. The van der Waals surface area contributed by atoms with Gasteiger partial charge in [0.05, 0.1) is 6.21 Å². The summed E-state index contributed by atoms with van der Waals surface area (Å²) in [5.74, 6) is 1.52. The van der Waals surface area contributed by atoms with E-state index >= 15 is 0 Å². The number of urea groups is 1. The highest BCUT2D eigenvalue weighted by Crippen LogP contribution is 2.26. The van der Waals surface area contributed by atoms with Crippen molar-refractivity contribution in [2.75, 3.05) is 0 Å². The fourth-order valence-corrected chi connectivity index (χ4v) is 1.95. The molecule has 2 rings (SSSR count). The summed E-state index contributed by atoms with van der Waals surface area (Å²) < 4.78 is 5.81. The van der Waals surface area contributed by atoms with Gasteiger partial charge in [0.25, 0.3) is 0 Å². The molecular weight excluding hydrogens is 290 g/mol. The van der Waals surface area contributed by atoms with E-state index in [2.05, 4.69) is 43.4 Å². The highest BCUT2D eigenvalue weighted by atomic mass is 16.5. The Hall–Kier alpha value is -2.82. The molecule has 2 amide bonds. The number of primary amides is 1. The number of amides is 2. The Kier molecular flexibility index (Phi) is 5.01. The summed E-state index contributed by atoms with van der Waals surface area (Å²) in [4.78, 5) is 10.5. The maximum absolute atomic E-state index is 10.5. The molecule has 0 saturated heterocycles. The van der Waals surface area contributed by atoms with E-state index in [0.29, 0.717) is 0 Å². The van der Waals surface area contributed by atoms with Crippen molar-refractivity contribution in [3.05, 3.63) is 59.7 Å². The van der Waals surface area contributed by atoms with Crippen LogP contribution in [-0.4, -0.2) is 12.2 Å². The fourth-order valence-electron chi connectivity index (χ4n) is 1.95. The second-order valence-corrected chi connectivity index (χ2v) is 6.18. The van der Waals surface area contributed by atoms with E-state index in [0.717, 1.165) is 17.1 Å². The van der Waals surface area contributed by atoms with Crippen molar-refractivity contribution in [1.82, 2.24) is 5.43 Å². The number of nitrogens with two attached hydrogens (primary N) is 1. The SMILES string of the molecule is CC(C)(C)c1ccc(Oc2ccc(/C=N\NC(N)=O)cc2)cc1. The second-order valence-electron chi connectivity index (χ2n) is 6.18. The maximum Gasteiger partial charge on any atom is 0.332 e. The van der Waals surface area contributed by atoms with Crippen LogP contribution in [0.2, 0.25) is 0 Å². The van der Waals surface area contributed by atoms with Crippen molar-refractivity contribution < 1.29 is 9.53 Å². The number of ether oxygens (including phenoxy) is 1. The number of nitrogens with zero attached hydrogens (tertiary/aromatic N) is 1. The molecule has 0 atom stereocenters. The largest absolute Gasteiger partial charge is 0.457 e. The molecule has 0 aliphatic rings. The van der Waals surface area contributed by atoms with Crippen molar-refractivity contribution >= 4 is 12.2 Å². The van der Waals surface area contributed by atoms with Crippen LogP contribution in [0.15, 0.2) is 53.6 Å². The molecule has 0 aromatic heterocycles. The van der Waals surface area contributed by atoms with E-state index in [4.69, 9.17) is 10.5 Å². The molecule has 0 unspecified atom stereocenters. The zero-order chi connectivity index (χ0) is 16.9. The number of benzene rings is 2. The van der Waals surface area contributed by atoms with Gasteiger partial charge in [0, 0.05) is 0 Å². The van der Waals surface area contributed by atoms with Gasteiger partial charge < -0.3 is 10.5 Å². The van der Waals surface area contributed by atoms with Gasteiger partial charge in [-0.1, -0.05) is 32.9 Å². The molecule has 0 radical (unpaired) electrons. The first-order valence-electron chi connectivity index (χ1n) is 7.31. The maximum atomic E-state index is 10.5. The molecule has 0 aliphatic carbocycles. The normalized spacial score (nSPS) is 11.4. The first-order valence-corrected chi connectivity index (χ1v) is 7.31. The lowest BCUT2D eigenvalue weighted by atomic mass is 9.87. The zero-order valence-electron chi connectivity index (χ0n) is 13.5. The van der Waals surface area contributed by atoms with Crippen LogP contribution in [0.25, 0.3) is 0 Å². The predicted octanol–water partition coefficient (Wildman–Crippen LogP) is 3.78. The molecule has 120 valence electrons. The summed E-state index contributed by atoms with van der Waals surface area (Å²) in [7, 11) is 0. The zero-order valence-corrected chi connectivity index (χ0v) is 13.5. The third-order valence-corrected chi connectivity index (χ3v) is 3.22. The van der Waals surface area contributed by atoms with Gasteiger partial charge in [-0.3, -0.25) is 0 Å². The third kappa shape index (κ3) is 5.14. The Labute approximate surface area is 136 Å². The van der Waals surface area contributed by atoms with Gasteiger partial charge in [-0.05, 0) is 52.9 Å². The lowest BCUT2D eigenvalue weighted by molar-refractivity contribution is 0.249. The Bertz CT molecular complexity index is 684. The minimum Gasteiger partial charge on any atom is -0.457 e. The number of hydrazone groups is 1. The summed E-state index contributed by atoms with van der Waals surface area (Å²) in [6, 6.07) is 14.7. The first kappa shape index (κ1) is 16.5. The number of rotatable bonds is 4. The first-order chi connectivity index (χ1) is 10.8. The minimum atomic E-state index is -0.695. The van der Waals surface area contributed by atoms with Gasteiger partial charge in [0.2, 0.25) is 0 Å². The summed E-state index contributed by atoms with van der Waals surface area (Å²) in [5, 5.41) is 3.70. The second kappa shape index (κ2) is 6.96. The lowest BCUT2D eigenvalue weighted by Crippen LogP contribution is -2.24. The van der Waals surface area contributed by atoms with Gasteiger partial charge in [0.15, 0.2) is 0 Å². The molecule has 0 fully saturated rings. The van der Waals surface area contributed by atoms with E-state index in [9.17, 15) is 4.79 Å². The van der Waals surface area contributed by atoms with E-state index in [-0.39, 0.29) is 5.41 Å². The lowest BCUT2D eigenvalue weighted by Gasteiger charge is -2.19. The van der Waals surface area contributed by atoms with Gasteiger partial charge in [-0.15, -0.1) is 0 Å². The van der Waals surface area contributed by atoms with Crippen LogP contribution in [0.4, 0.5) is 4.79 Å². The number of nitrogens with one attached hydrogen (secondary N) is 1. The Morgan fingerprint density at radius 2 is 1.57 bits per heavy atom. The molecule has 23 heavy (non-hydrogen) atoms. The number of carbonyl (C=O) groups excluding carboxylic acids is 1. The third-order valence-electron chi connectivity index (χ3n) is 3.22. The van der Waals surface area contributed by atoms with Crippen LogP contribution in [0.3, 0.4) is 0 Å². The fraction of sp³-hybridized carbons (Fsp3) is 0.222. The van der Waals surface area contributed by atoms with Crippen LogP contribution in [0.1, 0.15) is 31.9 Å². The monoisotopic (exact) mass is 311 g/mol. The van der Waals surface area contributed by atoms with Crippen LogP contribution < -0.4 is 15.9 Å². The molecule has 0 spiro atoms. The average Bonchev–Trinajstić information content (AvgIpc) is 2.48. The quantitative estimate of drug-likeness (QED) is 0.666. The van der Waals surface area contributed by atoms with E-state index < -0.39 is 6.03 Å². The van der Waals surface area contributed by atoms with Crippen LogP contribution in [0.5, 0.6) is 11.5 Å². The van der Waals surface area contributed by atoms with E-state index in [1.807, 2.05) is 36.4 Å². The highest BCUT2D eigenvalue weighted by molar-refractivity contribution is 5.81. The number of hydrogen-bond donors (Lipinski definition) is 2. The van der Waals surface area contributed by atoms with Crippen molar-refractivity contribution in [2.24, 2.45) is 10.8 Å². The standard InChI is InChI=1S/C18H21N3O2/c1-18(2,3)14-6-10-16(11-7-14)23-15-8-4-13(5-9-15)12-20-21-17(19)22/h4-12H,1-3H3,(H3,19,21,22)/b20-12-. The van der Waals surface area contributed by atoms with Gasteiger partial charge >= 0.3 is 6.03 Å². The summed E-state index contributed by atoms with van der Waals surface area (Å²) in [5.41, 5.74) is 9.28. The molecule has 3 N–H and O–H groups in total. The van der Waals surface area contributed by atoms with Crippen molar-refractivity contribution in [3.63, 3.8) is 0 Å². The van der Waals surface area contributed by atoms with E-state index in [1.165, 1.54) is 11.8 Å². The molecule has 0 aliphatic heterocycles. The van der Waals surface area contributed by atoms with Gasteiger partial charge in [-0.25, -0.2) is 10.2 Å². The summed E-state index contributed by atoms with van der Waals surface area (Å²) in [6.07, 6.45) is 1.51. The minimum absolute atomic E-state index is 0.123. The molecule has 5 nitrogen and oxygen atoms in total. The molecule has 0 heterocycles. The summed E-state index contributed by atoms with van der Waals surface area (Å²) in [6.45, 7) is 6.53. The highest BCUT2D eigenvalue weighted by Gasteiger charge is 2.13. The van der Waals surface area contributed by atoms with Crippen molar-refractivity contribution in [1.29, 1.82) is 0 Å². The molecule has 2 aromatic rings. The molecular formula is C18H21N3O2. The Morgan fingerprint density at radius 1 is 1.04 bits per heavy atom. The van der Waals surface area contributed by atoms with E-state index in [1.54, 1.807) is 0 Å². The number of hydrogen-bond acceptors (Lipinski definition) is 3. The van der Waals surface area contributed by atoms with Crippen LogP contribution in [0, 0.1) is 0 Å². The van der Waals surface area contributed by atoms with Crippen molar-refractivity contribution in [3.8, 4) is 11.5 Å². The molecule has 0 bridgehead atoms. The Balaban J connectivity index is 2.00. The molecule has 2 aromatic carbocycles. The van der Waals surface area contributed by atoms with Gasteiger partial charge in [0.1, 0.15) is 11.5 Å². The average molecular weight is 311 g/mol. The summed E-state index contributed by atoms with van der Waals surface area (Å²) >= 11 is 0. The molecule has 0 saturated carbocycles. The molecule has 5 heteroatoms. The van der Waals surface area contributed by atoms with Crippen molar-refractivity contribution in [2.45, 2.75) is 26.2 Å².